The lowest BCUT2D eigenvalue weighted by atomic mass is 9.84. The van der Waals surface area contributed by atoms with E-state index in [-0.39, 0.29) is 47.3 Å². The molecular weight excluding hydrogens is 519 g/mol. The Bertz CT molecular complexity index is 1390. The van der Waals surface area contributed by atoms with Crippen LogP contribution >= 0.6 is 11.6 Å². The second-order valence-corrected chi connectivity index (χ2v) is 10.9. The zero-order valence-corrected chi connectivity index (χ0v) is 21.7. The maximum atomic E-state index is 13.4. The fraction of sp³-hybridized carbons (Fsp3) is 0.259. The fourth-order valence-electron chi connectivity index (χ4n) is 3.97. The highest BCUT2D eigenvalue weighted by molar-refractivity contribution is 7.87. The number of nitrogens with one attached hydrogen (secondary N) is 1. The van der Waals surface area contributed by atoms with E-state index in [9.17, 15) is 22.4 Å². The smallest absolute Gasteiger partial charge is 0.339 e. The van der Waals surface area contributed by atoms with Gasteiger partial charge in [-0.2, -0.15) is 8.42 Å². The van der Waals surface area contributed by atoms with E-state index in [2.05, 4.69) is 5.32 Å². The quantitative estimate of drug-likeness (QED) is 0.357. The van der Waals surface area contributed by atoms with Gasteiger partial charge in [-0.1, -0.05) is 30.2 Å². The molecule has 37 heavy (non-hydrogen) atoms. The van der Waals surface area contributed by atoms with E-state index in [0.29, 0.717) is 16.3 Å². The van der Waals surface area contributed by atoms with E-state index in [1.807, 2.05) is 0 Å². The van der Waals surface area contributed by atoms with Gasteiger partial charge in [-0.25, -0.2) is 4.39 Å². The molecule has 194 valence electrons. The SMILES string of the molecule is CC(=O)Nc1ccc(S(=O)(=O)Oc2ccc(Cl)cc2CN(Cc2ccc(F)cc2)C(=O)C2CCC2)cc1. The van der Waals surface area contributed by atoms with Gasteiger partial charge in [0.2, 0.25) is 11.8 Å². The Kier molecular flexibility index (Phi) is 8.14. The van der Waals surface area contributed by atoms with Gasteiger partial charge in [-0.05, 0) is 73.0 Å². The molecule has 0 heterocycles. The van der Waals surface area contributed by atoms with Gasteiger partial charge in [0.25, 0.3) is 0 Å². The fourth-order valence-corrected chi connectivity index (χ4v) is 5.13. The molecule has 0 atom stereocenters. The molecule has 0 unspecified atom stereocenters. The van der Waals surface area contributed by atoms with Crippen LogP contribution in [0.2, 0.25) is 5.02 Å². The first-order valence-electron chi connectivity index (χ1n) is 11.7. The van der Waals surface area contributed by atoms with E-state index < -0.39 is 10.1 Å². The highest BCUT2D eigenvalue weighted by atomic mass is 35.5. The first kappa shape index (κ1) is 26.6. The van der Waals surface area contributed by atoms with Crippen molar-refractivity contribution in [1.82, 2.24) is 4.90 Å². The van der Waals surface area contributed by atoms with Gasteiger partial charge in [0.15, 0.2) is 0 Å². The molecule has 4 rings (SSSR count). The van der Waals surface area contributed by atoms with Gasteiger partial charge in [0, 0.05) is 42.2 Å². The summed E-state index contributed by atoms with van der Waals surface area (Å²) in [5.41, 5.74) is 1.61. The highest BCUT2D eigenvalue weighted by Gasteiger charge is 2.30. The van der Waals surface area contributed by atoms with Crippen molar-refractivity contribution >= 4 is 39.2 Å². The summed E-state index contributed by atoms with van der Waals surface area (Å²) < 4.78 is 44.9. The third kappa shape index (κ3) is 6.87. The standard InChI is InChI=1S/C27H26ClFN2O5S/c1-18(32)30-24-10-12-25(13-11-24)37(34,35)36-26-14-7-22(28)15-21(26)17-31(27(33)20-3-2-4-20)16-19-5-8-23(29)9-6-19/h5-15,20H,2-4,16-17H2,1H3,(H,30,32). The summed E-state index contributed by atoms with van der Waals surface area (Å²) in [6.45, 7) is 1.63. The summed E-state index contributed by atoms with van der Waals surface area (Å²) in [7, 11) is -4.22. The Morgan fingerprint density at radius 2 is 1.70 bits per heavy atom. The summed E-state index contributed by atoms with van der Waals surface area (Å²) in [4.78, 5) is 26.0. The molecule has 1 saturated carbocycles. The Balaban J connectivity index is 1.59. The molecule has 0 spiro atoms. The number of nitrogens with zero attached hydrogens (tertiary/aromatic N) is 1. The molecule has 0 radical (unpaired) electrons. The first-order valence-corrected chi connectivity index (χ1v) is 13.5. The van der Waals surface area contributed by atoms with E-state index in [1.54, 1.807) is 23.1 Å². The minimum Gasteiger partial charge on any atom is -0.379 e. The zero-order valence-electron chi connectivity index (χ0n) is 20.1. The molecular formula is C27H26ClFN2O5S. The van der Waals surface area contributed by atoms with Crippen molar-refractivity contribution in [3.63, 3.8) is 0 Å². The van der Waals surface area contributed by atoms with Crippen LogP contribution in [0.3, 0.4) is 0 Å². The lowest BCUT2D eigenvalue weighted by molar-refractivity contribution is -0.139. The van der Waals surface area contributed by atoms with Gasteiger partial charge in [0.1, 0.15) is 16.5 Å². The molecule has 0 aromatic heterocycles. The number of benzene rings is 3. The molecule has 3 aromatic rings. The van der Waals surface area contributed by atoms with Gasteiger partial charge in [-0.3, -0.25) is 9.59 Å². The molecule has 0 saturated heterocycles. The van der Waals surface area contributed by atoms with Crippen LogP contribution in [0.25, 0.3) is 0 Å². The molecule has 2 amide bonds. The second kappa shape index (κ2) is 11.3. The van der Waals surface area contributed by atoms with E-state index in [4.69, 9.17) is 15.8 Å². The monoisotopic (exact) mass is 544 g/mol. The Morgan fingerprint density at radius 3 is 2.30 bits per heavy atom. The van der Waals surface area contributed by atoms with Crippen LogP contribution in [-0.4, -0.2) is 25.1 Å². The molecule has 1 aliphatic rings. The molecule has 7 nitrogen and oxygen atoms in total. The second-order valence-electron chi connectivity index (χ2n) is 8.94. The van der Waals surface area contributed by atoms with Crippen LogP contribution in [0, 0.1) is 11.7 Å². The number of carbonyl (C=O) groups excluding carboxylic acids is 2. The van der Waals surface area contributed by atoms with E-state index in [0.717, 1.165) is 24.8 Å². The largest absolute Gasteiger partial charge is 0.379 e. The third-order valence-corrected chi connectivity index (χ3v) is 7.58. The van der Waals surface area contributed by atoms with Gasteiger partial charge in [0.05, 0.1) is 0 Å². The van der Waals surface area contributed by atoms with Crippen LogP contribution in [0.4, 0.5) is 10.1 Å². The lowest BCUT2D eigenvalue weighted by Gasteiger charge is -2.32. The van der Waals surface area contributed by atoms with Gasteiger partial charge in [-0.15, -0.1) is 0 Å². The normalized spacial score (nSPS) is 13.5. The zero-order chi connectivity index (χ0) is 26.6. The van der Waals surface area contributed by atoms with Crippen LogP contribution in [0.1, 0.15) is 37.3 Å². The minimum absolute atomic E-state index is 0.0425. The van der Waals surface area contributed by atoms with Crippen LogP contribution in [-0.2, 0) is 32.8 Å². The van der Waals surface area contributed by atoms with Crippen molar-refractivity contribution in [2.24, 2.45) is 5.92 Å². The van der Waals surface area contributed by atoms with Gasteiger partial charge < -0.3 is 14.4 Å². The summed E-state index contributed by atoms with van der Waals surface area (Å²) in [6.07, 6.45) is 2.56. The van der Waals surface area contributed by atoms with E-state index >= 15 is 0 Å². The number of carbonyl (C=O) groups is 2. The predicted molar refractivity (Wildman–Crippen MR) is 138 cm³/mol. The summed E-state index contributed by atoms with van der Waals surface area (Å²) >= 11 is 6.22. The molecule has 1 fully saturated rings. The Morgan fingerprint density at radius 1 is 1.03 bits per heavy atom. The molecule has 1 N–H and O–H groups in total. The van der Waals surface area contributed by atoms with Crippen molar-refractivity contribution in [1.29, 1.82) is 0 Å². The maximum absolute atomic E-state index is 13.4. The average Bonchev–Trinajstić information content (AvgIpc) is 2.80. The topological polar surface area (TPSA) is 92.8 Å². The van der Waals surface area contributed by atoms with Crippen LogP contribution in [0.5, 0.6) is 5.75 Å². The summed E-state index contributed by atoms with van der Waals surface area (Å²) in [5, 5.41) is 2.93. The number of anilines is 1. The van der Waals surface area contributed by atoms with Crippen molar-refractivity contribution in [2.45, 2.75) is 44.2 Å². The summed E-state index contributed by atoms with van der Waals surface area (Å²) in [5.74, 6) is -0.769. The van der Waals surface area contributed by atoms with Crippen LogP contribution < -0.4 is 9.50 Å². The summed E-state index contributed by atoms with van der Waals surface area (Å²) in [6, 6.07) is 16.0. The highest BCUT2D eigenvalue weighted by Crippen LogP contribution is 2.32. The number of hydrogen-bond acceptors (Lipinski definition) is 5. The number of rotatable bonds is 9. The number of hydrogen-bond donors (Lipinski definition) is 1. The average molecular weight is 545 g/mol. The number of amides is 2. The molecule has 1 aliphatic carbocycles. The van der Waals surface area contributed by atoms with Crippen molar-refractivity contribution < 1.29 is 26.6 Å². The maximum Gasteiger partial charge on any atom is 0.339 e. The number of halogens is 2. The Hall–Kier alpha value is -3.43. The van der Waals surface area contributed by atoms with Crippen LogP contribution in [0.15, 0.2) is 71.6 Å². The predicted octanol–water partition coefficient (Wildman–Crippen LogP) is 5.53. The molecule has 0 bridgehead atoms. The van der Waals surface area contributed by atoms with Crippen molar-refractivity contribution in [3.05, 3.63) is 88.7 Å². The van der Waals surface area contributed by atoms with E-state index in [1.165, 1.54) is 55.5 Å². The van der Waals surface area contributed by atoms with Crippen molar-refractivity contribution in [2.75, 3.05) is 5.32 Å². The molecule has 3 aromatic carbocycles. The lowest BCUT2D eigenvalue weighted by Crippen LogP contribution is -2.38. The molecule has 10 heteroatoms. The first-order chi connectivity index (χ1) is 17.6. The minimum atomic E-state index is -4.22. The van der Waals surface area contributed by atoms with Gasteiger partial charge >= 0.3 is 10.1 Å². The molecule has 0 aliphatic heterocycles. The third-order valence-electron chi connectivity index (χ3n) is 6.10. The van der Waals surface area contributed by atoms with Crippen molar-refractivity contribution in [3.8, 4) is 5.75 Å². The Labute approximate surface area is 220 Å².